The fourth-order valence-corrected chi connectivity index (χ4v) is 2.40. The molecular weight excluding hydrogens is 334 g/mol. The van der Waals surface area contributed by atoms with E-state index in [-0.39, 0.29) is 18.9 Å². The Bertz CT molecular complexity index is 488. The molecule has 0 aliphatic heterocycles. The molecule has 1 amide bonds. The molecule has 1 aromatic rings. The summed E-state index contributed by atoms with van der Waals surface area (Å²) >= 11 is 3.40. The summed E-state index contributed by atoms with van der Waals surface area (Å²) in [5.74, 6) is -0.406. The first-order valence-corrected chi connectivity index (χ1v) is 7.91. The van der Waals surface area contributed by atoms with Crippen molar-refractivity contribution in [3.8, 4) is 0 Å². The normalized spacial score (nSPS) is 10.7. The average Bonchev–Trinajstić information content (AvgIpc) is 2.40. The zero-order chi connectivity index (χ0) is 15.8. The van der Waals surface area contributed by atoms with Crippen LogP contribution in [0, 0.1) is 5.92 Å². The molecular formula is C16H22BrNO3. The minimum Gasteiger partial charge on any atom is -0.481 e. The first-order valence-electron chi connectivity index (χ1n) is 7.12. The van der Waals surface area contributed by atoms with Gasteiger partial charge in [0.25, 0.3) is 0 Å². The number of halogens is 1. The third-order valence-corrected chi connectivity index (χ3v) is 3.64. The Labute approximate surface area is 134 Å². The van der Waals surface area contributed by atoms with E-state index in [1.807, 2.05) is 24.3 Å². The van der Waals surface area contributed by atoms with Gasteiger partial charge < -0.3 is 10.0 Å². The van der Waals surface area contributed by atoms with E-state index in [0.717, 1.165) is 16.5 Å². The molecule has 0 saturated carbocycles. The number of aliphatic carboxylic acids is 1. The highest BCUT2D eigenvalue weighted by molar-refractivity contribution is 9.10. The average molecular weight is 356 g/mol. The molecule has 21 heavy (non-hydrogen) atoms. The van der Waals surface area contributed by atoms with Gasteiger partial charge in [-0.3, -0.25) is 9.59 Å². The van der Waals surface area contributed by atoms with Crippen LogP contribution < -0.4 is 0 Å². The SMILES string of the molecule is CC(C)CCC(=O)N(CCC(=O)O)Cc1cccc(Br)c1. The summed E-state index contributed by atoms with van der Waals surface area (Å²) in [5, 5.41) is 8.83. The Morgan fingerprint density at radius 3 is 2.57 bits per heavy atom. The van der Waals surface area contributed by atoms with Crippen LogP contribution in [0.25, 0.3) is 0 Å². The van der Waals surface area contributed by atoms with Crippen LogP contribution in [-0.2, 0) is 16.1 Å². The van der Waals surface area contributed by atoms with Gasteiger partial charge in [0.1, 0.15) is 0 Å². The van der Waals surface area contributed by atoms with E-state index in [0.29, 0.717) is 18.9 Å². The quantitative estimate of drug-likeness (QED) is 0.773. The van der Waals surface area contributed by atoms with Crippen molar-refractivity contribution in [2.45, 2.75) is 39.7 Å². The van der Waals surface area contributed by atoms with Gasteiger partial charge in [-0.25, -0.2) is 0 Å². The van der Waals surface area contributed by atoms with Gasteiger partial charge in [-0.1, -0.05) is 41.9 Å². The Morgan fingerprint density at radius 1 is 1.29 bits per heavy atom. The van der Waals surface area contributed by atoms with Crippen LogP contribution in [0.2, 0.25) is 0 Å². The van der Waals surface area contributed by atoms with Gasteiger partial charge in [0.05, 0.1) is 6.42 Å². The van der Waals surface area contributed by atoms with Gasteiger partial charge in [-0.15, -0.1) is 0 Å². The smallest absolute Gasteiger partial charge is 0.305 e. The molecule has 0 bridgehead atoms. The number of carbonyl (C=O) groups is 2. The van der Waals surface area contributed by atoms with Gasteiger partial charge in [-0.2, -0.15) is 0 Å². The summed E-state index contributed by atoms with van der Waals surface area (Å²) in [4.78, 5) is 24.7. The first-order chi connectivity index (χ1) is 9.88. The van der Waals surface area contributed by atoms with Gasteiger partial charge in [-0.05, 0) is 30.0 Å². The standard InChI is InChI=1S/C16H22BrNO3/c1-12(2)6-7-15(19)18(9-8-16(20)21)11-13-4-3-5-14(17)10-13/h3-5,10,12H,6-9,11H2,1-2H3,(H,20,21). The molecule has 1 aromatic carbocycles. The van der Waals surface area contributed by atoms with Crippen molar-refractivity contribution in [2.75, 3.05) is 6.54 Å². The Balaban J connectivity index is 2.71. The minimum absolute atomic E-state index is 0.0184. The molecule has 0 aliphatic carbocycles. The van der Waals surface area contributed by atoms with E-state index < -0.39 is 5.97 Å². The summed E-state index contributed by atoms with van der Waals surface area (Å²) < 4.78 is 0.952. The fourth-order valence-electron chi connectivity index (χ4n) is 1.95. The van der Waals surface area contributed by atoms with Crippen LogP contribution in [0.3, 0.4) is 0 Å². The van der Waals surface area contributed by atoms with Crippen LogP contribution in [-0.4, -0.2) is 28.4 Å². The first kappa shape index (κ1) is 17.7. The lowest BCUT2D eigenvalue weighted by Gasteiger charge is -2.23. The largest absolute Gasteiger partial charge is 0.481 e. The molecule has 1 rings (SSSR count). The second-order valence-electron chi connectivity index (χ2n) is 5.52. The number of carbonyl (C=O) groups excluding carboxylic acids is 1. The second-order valence-corrected chi connectivity index (χ2v) is 6.44. The van der Waals surface area contributed by atoms with Crippen molar-refractivity contribution in [3.05, 3.63) is 34.3 Å². The summed E-state index contributed by atoms with van der Waals surface area (Å²) in [6.07, 6.45) is 1.26. The monoisotopic (exact) mass is 355 g/mol. The maximum atomic E-state index is 12.3. The predicted molar refractivity (Wildman–Crippen MR) is 85.9 cm³/mol. The summed E-state index contributed by atoms with van der Waals surface area (Å²) in [5.41, 5.74) is 0.993. The molecule has 0 spiro atoms. The van der Waals surface area contributed by atoms with E-state index in [4.69, 9.17) is 5.11 Å². The number of carboxylic acids is 1. The Hall–Kier alpha value is -1.36. The fraction of sp³-hybridized carbons (Fsp3) is 0.500. The lowest BCUT2D eigenvalue weighted by Crippen LogP contribution is -2.32. The third-order valence-electron chi connectivity index (χ3n) is 3.15. The molecule has 1 N–H and O–H groups in total. The van der Waals surface area contributed by atoms with E-state index >= 15 is 0 Å². The van der Waals surface area contributed by atoms with Gasteiger partial charge >= 0.3 is 5.97 Å². The number of hydrogen-bond acceptors (Lipinski definition) is 2. The zero-order valence-electron chi connectivity index (χ0n) is 12.5. The number of benzene rings is 1. The van der Waals surface area contributed by atoms with Crippen LogP contribution >= 0.6 is 15.9 Å². The van der Waals surface area contributed by atoms with Crippen molar-refractivity contribution >= 4 is 27.8 Å². The molecule has 0 aromatic heterocycles. The highest BCUT2D eigenvalue weighted by atomic mass is 79.9. The second kappa shape index (κ2) is 8.82. The molecule has 0 saturated heterocycles. The van der Waals surface area contributed by atoms with Crippen molar-refractivity contribution in [2.24, 2.45) is 5.92 Å². The van der Waals surface area contributed by atoms with Crippen molar-refractivity contribution in [1.29, 1.82) is 0 Å². The minimum atomic E-state index is -0.883. The molecule has 0 aliphatic rings. The number of rotatable bonds is 8. The van der Waals surface area contributed by atoms with Crippen molar-refractivity contribution in [1.82, 2.24) is 4.90 Å². The van der Waals surface area contributed by atoms with Crippen LogP contribution in [0.15, 0.2) is 28.7 Å². The van der Waals surface area contributed by atoms with Crippen LogP contribution in [0.1, 0.15) is 38.7 Å². The number of hydrogen-bond donors (Lipinski definition) is 1. The summed E-state index contributed by atoms with van der Waals surface area (Å²) in [6.45, 7) is 4.84. The van der Waals surface area contributed by atoms with Crippen LogP contribution in [0.5, 0.6) is 0 Å². The third kappa shape index (κ3) is 7.27. The van der Waals surface area contributed by atoms with E-state index in [1.165, 1.54) is 0 Å². The van der Waals surface area contributed by atoms with Gasteiger partial charge in [0, 0.05) is 24.0 Å². The Kier molecular flexibility index (Phi) is 7.43. The van der Waals surface area contributed by atoms with Gasteiger partial charge in [0.2, 0.25) is 5.91 Å². The number of nitrogens with zero attached hydrogens (tertiary/aromatic N) is 1. The highest BCUT2D eigenvalue weighted by Crippen LogP contribution is 2.15. The molecule has 4 nitrogen and oxygen atoms in total. The van der Waals surface area contributed by atoms with E-state index in [9.17, 15) is 9.59 Å². The highest BCUT2D eigenvalue weighted by Gasteiger charge is 2.15. The summed E-state index contributed by atoms with van der Waals surface area (Å²) in [6, 6.07) is 7.72. The topological polar surface area (TPSA) is 57.6 Å². The lowest BCUT2D eigenvalue weighted by atomic mass is 10.1. The molecule has 5 heteroatoms. The summed E-state index contributed by atoms with van der Waals surface area (Å²) in [7, 11) is 0. The maximum absolute atomic E-state index is 12.3. The molecule has 0 heterocycles. The molecule has 116 valence electrons. The molecule has 0 atom stereocenters. The lowest BCUT2D eigenvalue weighted by molar-refractivity contribution is -0.138. The van der Waals surface area contributed by atoms with Crippen molar-refractivity contribution < 1.29 is 14.7 Å². The number of amides is 1. The molecule has 0 unspecified atom stereocenters. The molecule has 0 radical (unpaired) electrons. The van der Waals surface area contributed by atoms with E-state index in [2.05, 4.69) is 29.8 Å². The van der Waals surface area contributed by atoms with Gasteiger partial charge in [0.15, 0.2) is 0 Å². The zero-order valence-corrected chi connectivity index (χ0v) is 14.1. The maximum Gasteiger partial charge on any atom is 0.305 e. The molecule has 0 fully saturated rings. The van der Waals surface area contributed by atoms with Crippen molar-refractivity contribution in [3.63, 3.8) is 0 Å². The van der Waals surface area contributed by atoms with Crippen LogP contribution in [0.4, 0.5) is 0 Å². The number of carboxylic acid groups (broad SMARTS) is 1. The predicted octanol–water partition coefficient (Wildman–Crippen LogP) is 3.69. The van der Waals surface area contributed by atoms with E-state index in [1.54, 1.807) is 4.90 Å². The Morgan fingerprint density at radius 2 is 2.00 bits per heavy atom.